The Balaban J connectivity index is 0.000000606. The molecule has 0 saturated heterocycles. The van der Waals surface area contributed by atoms with E-state index in [1.54, 1.807) is 22.3 Å². The van der Waals surface area contributed by atoms with Gasteiger partial charge in [-0.25, -0.2) is 0 Å². The van der Waals surface area contributed by atoms with Gasteiger partial charge in [-0.15, -0.1) is 0 Å². The van der Waals surface area contributed by atoms with Crippen molar-refractivity contribution in [2.24, 2.45) is 0 Å². The van der Waals surface area contributed by atoms with Gasteiger partial charge in [0.25, 0.3) is 0 Å². The minimum atomic E-state index is 0. The molecule has 6 aliphatic heterocycles. The van der Waals surface area contributed by atoms with Crippen LogP contribution in [-0.2, 0) is 0 Å². The topological polar surface area (TPSA) is 72.2 Å². The van der Waals surface area contributed by atoms with E-state index < -0.39 is 0 Å². The van der Waals surface area contributed by atoms with Crippen LogP contribution >= 0.6 is 0 Å². The minimum absolute atomic E-state index is 0. The van der Waals surface area contributed by atoms with Gasteiger partial charge in [-0.05, 0) is 174 Å². The molecule has 0 radical (unpaired) electrons. The number of rotatable bonds is 0. The third-order valence-corrected chi connectivity index (χ3v) is 12.0. The van der Waals surface area contributed by atoms with Gasteiger partial charge in [-0.3, -0.25) is 0 Å². The zero-order valence-corrected chi connectivity index (χ0v) is 37.4. The summed E-state index contributed by atoms with van der Waals surface area (Å²) in [5.74, 6) is 0. The third-order valence-electron chi connectivity index (χ3n) is 12.0. The molecular formula is C48H90N6. The Morgan fingerprint density at radius 2 is 0.537 bits per heavy atom. The summed E-state index contributed by atoms with van der Waals surface area (Å²) >= 11 is 0. The molecule has 312 valence electrons. The molecule has 6 heteroatoms. The van der Waals surface area contributed by atoms with Crippen LogP contribution in [0.2, 0.25) is 0 Å². The van der Waals surface area contributed by atoms with Crippen LogP contribution in [0.5, 0.6) is 0 Å². The standard InChI is InChI=1S/C8H14.3C7H13N.3C6H11N.CH4/c1-7-5-3-4-6-8(7)2;2*1-6-3-4-8-5-7(6)2;1-6-4-3-5-8-7(6)2;1-5-3-7-4-6(5)2;2*1-5-3-4-7-6(5)2;/h3-6H2,1-2H3;3*8H,3-5H2,1-2H3;3*7H,3-4H2,1-2H3;1H4. The molecule has 7 rings (SSSR count). The lowest BCUT2D eigenvalue weighted by Gasteiger charge is -2.15. The molecule has 6 nitrogen and oxygen atoms in total. The molecule has 0 aromatic rings. The van der Waals surface area contributed by atoms with E-state index in [-0.39, 0.29) is 7.43 Å². The van der Waals surface area contributed by atoms with Crippen molar-refractivity contribution in [3.05, 3.63) is 78.4 Å². The fourth-order valence-corrected chi connectivity index (χ4v) is 6.30. The first kappa shape index (κ1) is 51.5. The second-order valence-electron chi connectivity index (χ2n) is 16.5. The van der Waals surface area contributed by atoms with Gasteiger partial charge in [0.2, 0.25) is 0 Å². The van der Waals surface area contributed by atoms with Crippen LogP contribution in [0, 0.1) is 0 Å². The molecule has 0 bridgehead atoms. The first-order valence-corrected chi connectivity index (χ1v) is 21.1. The van der Waals surface area contributed by atoms with E-state index in [4.69, 9.17) is 0 Å². The fourth-order valence-electron chi connectivity index (χ4n) is 6.30. The van der Waals surface area contributed by atoms with Crippen LogP contribution in [0.4, 0.5) is 0 Å². The maximum absolute atomic E-state index is 3.31. The van der Waals surface area contributed by atoms with Gasteiger partial charge in [-0.1, -0.05) is 68.7 Å². The summed E-state index contributed by atoms with van der Waals surface area (Å²) in [5, 5.41) is 19.7. The molecule has 0 aromatic heterocycles. The second-order valence-corrected chi connectivity index (χ2v) is 16.5. The van der Waals surface area contributed by atoms with E-state index in [0.29, 0.717) is 0 Å². The molecule has 0 saturated carbocycles. The predicted molar refractivity (Wildman–Crippen MR) is 244 cm³/mol. The molecule has 0 unspecified atom stereocenters. The van der Waals surface area contributed by atoms with Crippen LogP contribution in [0.1, 0.15) is 169 Å². The maximum atomic E-state index is 3.31. The van der Waals surface area contributed by atoms with E-state index in [1.165, 1.54) is 140 Å². The molecule has 1 aliphatic carbocycles. The summed E-state index contributed by atoms with van der Waals surface area (Å²) in [6, 6.07) is 0. The van der Waals surface area contributed by atoms with Gasteiger partial charge in [-0.2, -0.15) is 0 Å². The quantitative estimate of drug-likeness (QED) is 0.139. The zero-order chi connectivity index (χ0) is 39.8. The van der Waals surface area contributed by atoms with Crippen molar-refractivity contribution >= 4 is 0 Å². The normalized spacial score (nSPS) is 20.8. The first-order chi connectivity index (χ1) is 25.1. The van der Waals surface area contributed by atoms with Crippen molar-refractivity contribution in [2.45, 2.75) is 169 Å². The van der Waals surface area contributed by atoms with Gasteiger partial charge in [0.1, 0.15) is 0 Å². The van der Waals surface area contributed by atoms with Crippen LogP contribution in [-0.4, -0.2) is 58.9 Å². The SMILES string of the molecule is C.CC1=C(C)CCCC1.CC1=C(C)CNC1.CC1=C(C)CNCC1.CC1=C(C)CNCC1.CC1=C(C)NCC1.CC1=C(C)NCC1.CC1=C(C)NCCC1. The van der Waals surface area contributed by atoms with Crippen molar-refractivity contribution in [3.63, 3.8) is 0 Å². The Hall–Kier alpha value is -2.54. The van der Waals surface area contributed by atoms with E-state index in [2.05, 4.69) is 129 Å². The summed E-state index contributed by atoms with van der Waals surface area (Å²) in [4.78, 5) is 0. The first-order valence-electron chi connectivity index (χ1n) is 21.1. The minimum Gasteiger partial charge on any atom is -0.389 e. The Morgan fingerprint density at radius 1 is 0.259 bits per heavy atom. The largest absolute Gasteiger partial charge is 0.389 e. The van der Waals surface area contributed by atoms with Crippen molar-refractivity contribution in [2.75, 3.05) is 58.9 Å². The van der Waals surface area contributed by atoms with Crippen LogP contribution in [0.3, 0.4) is 0 Å². The van der Waals surface area contributed by atoms with Crippen molar-refractivity contribution in [1.82, 2.24) is 31.9 Å². The number of hydrogen-bond acceptors (Lipinski definition) is 6. The average Bonchev–Trinajstić information content (AvgIpc) is 3.84. The average molecular weight is 751 g/mol. The van der Waals surface area contributed by atoms with E-state index in [9.17, 15) is 0 Å². The van der Waals surface area contributed by atoms with E-state index in [1.807, 2.05) is 0 Å². The highest BCUT2D eigenvalue weighted by molar-refractivity contribution is 5.18. The van der Waals surface area contributed by atoms with Crippen LogP contribution in [0.15, 0.2) is 78.4 Å². The molecule has 54 heavy (non-hydrogen) atoms. The van der Waals surface area contributed by atoms with Crippen molar-refractivity contribution < 1.29 is 0 Å². The van der Waals surface area contributed by atoms with Gasteiger partial charge in [0, 0.05) is 62.9 Å². The van der Waals surface area contributed by atoms with Gasteiger partial charge in [0.05, 0.1) is 0 Å². The summed E-state index contributed by atoms with van der Waals surface area (Å²) < 4.78 is 0. The van der Waals surface area contributed by atoms with E-state index >= 15 is 0 Å². The predicted octanol–water partition coefficient (Wildman–Crippen LogP) is 11.3. The molecule has 0 fully saturated rings. The van der Waals surface area contributed by atoms with Crippen LogP contribution < -0.4 is 31.9 Å². The Labute approximate surface area is 336 Å². The smallest absolute Gasteiger partial charge is 0.0181 e. The fraction of sp³-hybridized carbons (Fsp3) is 0.708. The Morgan fingerprint density at radius 3 is 0.722 bits per heavy atom. The third kappa shape index (κ3) is 22.7. The number of allylic oxidation sites excluding steroid dienone is 6. The molecule has 6 heterocycles. The van der Waals surface area contributed by atoms with Crippen molar-refractivity contribution in [1.29, 1.82) is 0 Å². The summed E-state index contributed by atoms with van der Waals surface area (Å²) in [6.07, 6.45) is 13.1. The molecule has 7 aliphatic rings. The molecule has 0 atom stereocenters. The lowest BCUT2D eigenvalue weighted by Crippen LogP contribution is -2.23. The van der Waals surface area contributed by atoms with Gasteiger partial charge < -0.3 is 31.9 Å². The summed E-state index contributed by atoms with van der Waals surface area (Å²) in [7, 11) is 0. The molecule has 0 aromatic carbocycles. The summed E-state index contributed by atoms with van der Waals surface area (Å²) in [6.45, 7) is 40.9. The number of nitrogens with one attached hydrogen (secondary N) is 6. The Kier molecular flexibility index (Phi) is 28.3. The number of hydrogen-bond donors (Lipinski definition) is 6. The van der Waals surface area contributed by atoms with Crippen molar-refractivity contribution in [3.8, 4) is 0 Å². The highest BCUT2D eigenvalue weighted by Crippen LogP contribution is 2.23. The lowest BCUT2D eigenvalue weighted by atomic mass is 9.94. The lowest BCUT2D eigenvalue weighted by molar-refractivity contribution is 0.661. The molecular weight excluding hydrogens is 661 g/mol. The Bertz CT molecular complexity index is 1050. The maximum Gasteiger partial charge on any atom is 0.0181 e. The monoisotopic (exact) mass is 751 g/mol. The van der Waals surface area contributed by atoms with Gasteiger partial charge in [0.15, 0.2) is 0 Å². The zero-order valence-electron chi connectivity index (χ0n) is 37.4. The van der Waals surface area contributed by atoms with Gasteiger partial charge >= 0.3 is 0 Å². The summed E-state index contributed by atoms with van der Waals surface area (Å²) in [5.41, 5.74) is 21.2. The second kappa shape index (κ2) is 29.7. The molecule has 0 spiro atoms. The molecule has 6 N–H and O–H groups in total. The van der Waals surface area contributed by atoms with Crippen LogP contribution in [0.25, 0.3) is 0 Å². The highest BCUT2D eigenvalue weighted by Gasteiger charge is 2.06. The molecule has 0 amide bonds. The highest BCUT2D eigenvalue weighted by atomic mass is 14.9. The van der Waals surface area contributed by atoms with E-state index in [0.717, 1.165) is 39.3 Å².